The van der Waals surface area contributed by atoms with Crippen LogP contribution in [0.5, 0.6) is 0 Å². The number of hydrogen-bond donors (Lipinski definition) is 2. The summed E-state index contributed by atoms with van der Waals surface area (Å²) in [5.74, 6) is -0.608. The molecule has 0 bridgehead atoms. The molecule has 5 aromatic rings. The van der Waals surface area contributed by atoms with Crippen LogP contribution in [0.4, 0.5) is 5.69 Å². The van der Waals surface area contributed by atoms with Gasteiger partial charge in [-0.05, 0) is 50.1 Å². The minimum absolute atomic E-state index is 0.0223. The van der Waals surface area contributed by atoms with Gasteiger partial charge in [-0.15, -0.1) is 0 Å². The molecule has 7 nitrogen and oxygen atoms in total. The first-order valence-corrected chi connectivity index (χ1v) is 13.2. The van der Waals surface area contributed by atoms with Crippen LogP contribution in [0.2, 0.25) is 10.0 Å². The second-order valence-corrected chi connectivity index (χ2v) is 10.6. The standard InChI is InChI=1S/C29H28Cl2N6O/c1-16(2)27(29(38)36-35-19-8-6-5-7-9-19)25-15-32-20(14-33-25)11-22-21-12-23(30)24(31)13-26(21)37-18(4)10-17(3)34-28(22)37/h5-10,12-16,27,35H,11H2,1-4H3,(H,36,38). The van der Waals surface area contributed by atoms with Gasteiger partial charge in [-0.3, -0.25) is 30.0 Å². The lowest BCUT2D eigenvalue weighted by Crippen LogP contribution is -2.36. The van der Waals surface area contributed by atoms with Gasteiger partial charge in [0.05, 0.1) is 38.6 Å². The molecule has 3 aromatic heterocycles. The highest BCUT2D eigenvalue weighted by Gasteiger charge is 2.26. The second-order valence-electron chi connectivity index (χ2n) is 9.77. The molecule has 194 valence electrons. The molecular formula is C29H28Cl2N6O. The van der Waals surface area contributed by atoms with Crippen LogP contribution in [-0.2, 0) is 11.2 Å². The van der Waals surface area contributed by atoms with E-state index in [2.05, 4.69) is 20.2 Å². The van der Waals surface area contributed by atoms with Crippen molar-refractivity contribution in [2.45, 2.75) is 40.0 Å². The van der Waals surface area contributed by atoms with Crippen LogP contribution in [0.15, 0.2) is 60.9 Å². The summed E-state index contributed by atoms with van der Waals surface area (Å²) in [5, 5.41) is 1.95. The van der Waals surface area contributed by atoms with Crippen molar-refractivity contribution in [2.24, 2.45) is 5.92 Å². The number of benzene rings is 2. The van der Waals surface area contributed by atoms with Crippen molar-refractivity contribution in [2.75, 3.05) is 5.43 Å². The number of carbonyl (C=O) groups excluding carboxylic acids is 1. The Morgan fingerprint density at radius 3 is 2.42 bits per heavy atom. The number of aromatic nitrogens is 4. The van der Waals surface area contributed by atoms with Crippen molar-refractivity contribution in [1.82, 2.24) is 24.8 Å². The largest absolute Gasteiger partial charge is 0.299 e. The molecule has 9 heteroatoms. The summed E-state index contributed by atoms with van der Waals surface area (Å²) in [5.41, 5.74) is 12.7. The summed E-state index contributed by atoms with van der Waals surface area (Å²) in [7, 11) is 0. The molecule has 1 amide bonds. The Hall–Kier alpha value is -3.68. The Bertz CT molecular complexity index is 1630. The third kappa shape index (κ3) is 5.04. The SMILES string of the molecule is Cc1cc(C)n2c(n1)c(Cc1cnc(C(C(=O)NNc3ccccc3)C(C)C)cn1)c1cc(Cl)c(Cl)cc12. The van der Waals surface area contributed by atoms with Crippen molar-refractivity contribution < 1.29 is 4.79 Å². The van der Waals surface area contributed by atoms with Crippen molar-refractivity contribution in [3.05, 3.63) is 99.3 Å². The Morgan fingerprint density at radius 1 is 1.00 bits per heavy atom. The Kier molecular flexibility index (Phi) is 7.23. The first-order chi connectivity index (χ1) is 18.2. The van der Waals surface area contributed by atoms with E-state index in [1.807, 2.05) is 76.2 Å². The zero-order valence-corrected chi connectivity index (χ0v) is 23.1. The van der Waals surface area contributed by atoms with Gasteiger partial charge in [0.1, 0.15) is 5.65 Å². The first-order valence-electron chi connectivity index (χ1n) is 12.4. The van der Waals surface area contributed by atoms with Gasteiger partial charge in [0.25, 0.3) is 0 Å². The van der Waals surface area contributed by atoms with Crippen LogP contribution in [-0.4, -0.2) is 25.3 Å². The van der Waals surface area contributed by atoms with Gasteiger partial charge in [-0.1, -0.05) is 55.2 Å². The number of amides is 1. The summed E-state index contributed by atoms with van der Waals surface area (Å²) in [6, 6.07) is 15.3. The molecule has 5 rings (SSSR count). The number of nitrogens with one attached hydrogen (secondary N) is 2. The molecule has 0 spiro atoms. The van der Waals surface area contributed by atoms with E-state index >= 15 is 0 Å². The number of carbonyl (C=O) groups is 1. The summed E-state index contributed by atoms with van der Waals surface area (Å²) in [6.45, 7) is 8.01. The predicted molar refractivity (Wildman–Crippen MR) is 153 cm³/mol. The van der Waals surface area contributed by atoms with Crippen LogP contribution in [0, 0.1) is 19.8 Å². The smallest absolute Gasteiger partial charge is 0.247 e. The fraction of sp³-hybridized carbons (Fsp3) is 0.241. The topological polar surface area (TPSA) is 84.2 Å². The third-order valence-electron chi connectivity index (χ3n) is 6.59. The average Bonchev–Trinajstić information content (AvgIpc) is 3.16. The zero-order chi connectivity index (χ0) is 27.0. The van der Waals surface area contributed by atoms with Crippen LogP contribution in [0.25, 0.3) is 16.6 Å². The Morgan fingerprint density at radius 2 is 1.74 bits per heavy atom. The fourth-order valence-electron chi connectivity index (χ4n) is 4.86. The molecule has 0 saturated heterocycles. The fourth-order valence-corrected chi connectivity index (χ4v) is 5.18. The summed E-state index contributed by atoms with van der Waals surface area (Å²) >= 11 is 12.8. The van der Waals surface area contributed by atoms with E-state index in [-0.39, 0.29) is 11.8 Å². The zero-order valence-electron chi connectivity index (χ0n) is 21.6. The van der Waals surface area contributed by atoms with Crippen LogP contribution in [0.1, 0.15) is 48.1 Å². The highest BCUT2D eigenvalue weighted by Crippen LogP contribution is 2.35. The highest BCUT2D eigenvalue weighted by atomic mass is 35.5. The molecule has 38 heavy (non-hydrogen) atoms. The lowest BCUT2D eigenvalue weighted by molar-refractivity contribution is -0.123. The van der Waals surface area contributed by atoms with E-state index in [1.54, 1.807) is 12.4 Å². The van der Waals surface area contributed by atoms with Crippen molar-refractivity contribution >= 4 is 51.3 Å². The number of nitrogens with zero attached hydrogens (tertiary/aromatic N) is 4. The molecule has 2 aromatic carbocycles. The number of para-hydroxylation sites is 1. The quantitative estimate of drug-likeness (QED) is 0.222. The van der Waals surface area contributed by atoms with Crippen molar-refractivity contribution in [3.63, 3.8) is 0 Å². The van der Waals surface area contributed by atoms with Crippen LogP contribution in [0.3, 0.4) is 0 Å². The summed E-state index contributed by atoms with van der Waals surface area (Å²) in [4.78, 5) is 27.2. The van der Waals surface area contributed by atoms with Gasteiger partial charge >= 0.3 is 0 Å². The summed E-state index contributed by atoms with van der Waals surface area (Å²) < 4.78 is 2.10. The van der Waals surface area contributed by atoms with E-state index in [1.165, 1.54) is 0 Å². The maximum Gasteiger partial charge on any atom is 0.247 e. The number of aryl methyl sites for hydroxylation is 2. The van der Waals surface area contributed by atoms with Crippen LogP contribution >= 0.6 is 23.2 Å². The van der Waals surface area contributed by atoms with Crippen LogP contribution < -0.4 is 10.9 Å². The molecule has 0 radical (unpaired) electrons. The Balaban J connectivity index is 1.45. The molecule has 0 aliphatic rings. The normalized spacial score (nSPS) is 12.3. The lowest BCUT2D eigenvalue weighted by Gasteiger charge is -2.20. The second kappa shape index (κ2) is 10.6. The highest BCUT2D eigenvalue weighted by molar-refractivity contribution is 6.42. The van der Waals surface area contributed by atoms with E-state index in [0.29, 0.717) is 22.2 Å². The lowest BCUT2D eigenvalue weighted by atomic mass is 9.92. The maximum absolute atomic E-state index is 13.0. The monoisotopic (exact) mass is 546 g/mol. The number of halogens is 2. The molecule has 1 atom stereocenters. The average molecular weight is 547 g/mol. The maximum atomic E-state index is 13.0. The van der Waals surface area contributed by atoms with Gasteiger partial charge < -0.3 is 0 Å². The van der Waals surface area contributed by atoms with E-state index in [9.17, 15) is 4.79 Å². The van der Waals surface area contributed by atoms with E-state index in [0.717, 1.165) is 44.9 Å². The number of hydrazine groups is 1. The Labute approximate surface area is 231 Å². The van der Waals surface area contributed by atoms with Crippen molar-refractivity contribution in [3.8, 4) is 0 Å². The minimum atomic E-state index is -0.461. The molecule has 0 saturated carbocycles. The summed E-state index contributed by atoms with van der Waals surface area (Å²) in [6.07, 6.45) is 3.93. The third-order valence-corrected chi connectivity index (χ3v) is 7.32. The first kappa shape index (κ1) is 25.9. The predicted octanol–water partition coefficient (Wildman–Crippen LogP) is 6.67. The number of anilines is 1. The minimum Gasteiger partial charge on any atom is -0.299 e. The van der Waals surface area contributed by atoms with Gasteiger partial charge in [-0.2, -0.15) is 0 Å². The van der Waals surface area contributed by atoms with E-state index in [4.69, 9.17) is 33.2 Å². The van der Waals surface area contributed by atoms with Gasteiger partial charge in [0.15, 0.2) is 0 Å². The molecule has 1 unspecified atom stereocenters. The number of rotatable bonds is 7. The number of hydrogen-bond acceptors (Lipinski definition) is 5. The molecule has 0 aliphatic carbocycles. The van der Waals surface area contributed by atoms with Gasteiger partial charge in [-0.25, -0.2) is 4.98 Å². The molecule has 0 fully saturated rings. The van der Waals surface area contributed by atoms with Gasteiger partial charge in [0, 0.05) is 41.2 Å². The number of fused-ring (bicyclic) bond motifs is 3. The van der Waals surface area contributed by atoms with E-state index < -0.39 is 5.92 Å². The van der Waals surface area contributed by atoms with Gasteiger partial charge in [0.2, 0.25) is 5.91 Å². The van der Waals surface area contributed by atoms with Crippen molar-refractivity contribution in [1.29, 1.82) is 0 Å². The molecule has 0 aliphatic heterocycles. The molecular weight excluding hydrogens is 519 g/mol. The molecule has 3 heterocycles. The molecule has 2 N–H and O–H groups in total.